The molecule has 65 heavy (non-hydrogen) atoms. The highest BCUT2D eigenvalue weighted by Crippen LogP contribution is 2.40. The van der Waals surface area contributed by atoms with E-state index in [1.165, 1.54) is 27.6 Å². The fourth-order valence-electron chi connectivity index (χ4n) is 9.20. The van der Waals surface area contributed by atoms with E-state index in [1.807, 2.05) is 12.3 Å². The monoisotopic (exact) mass is 848 g/mol. The summed E-state index contributed by atoms with van der Waals surface area (Å²) in [6.07, 6.45) is 6.80. The van der Waals surface area contributed by atoms with Gasteiger partial charge >= 0.3 is 0 Å². The van der Waals surface area contributed by atoms with E-state index in [4.69, 9.17) is 9.72 Å². The lowest BCUT2D eigenvalue weighted by Gasteiger charge is -2.27. The van der Waals surface area contributed by atoms with E-state index in [1.54, 1.807) is 0 Å². The second-order valence-electron chi connectivity index (χ2n) is 19.9. The van der Waals surface area contributed by atoms with Crippen LogP contribution in [0.4, 0.5) is 0 Å². The summed E-state index contributed by atoms with van der Waals surface area (Å²) in [4.78, 5) is 4.88. The van der Waals surface area contributed by atoms with Gasteiger partial charge in [0.05, 0.1) is 33.4 Å². The first-order valence-corrected chi connectivity index (χ1v) is 22.9. The molecule has 3 aromatic heterocycles. The summed E-state index contributed by atoms with van der Waals surface area (Å²) in [7, 11) is 0. The van der Waals surface area contributed by atoms with Crippen molar-refractivity contribution in [1.29, 1.82) is 0 Å². The van der Waals surface area contributed by atoms with Gasteiger partial charge in [0.25, 0.3) is 6.33 Å². The molecule has 0 saturated carbocycles. The molecule has 7 aromatic carbocycles. The quantitative estimate of drug-likeness (QED) is 0.107. The molecule has 0 spiro atoms. The topological polar surface area (TPSA) is 35.9 Å². The van der Waals surface area contributed by atoms with E-state index in [0.717, 1.165) is 79.3 Å². The van der Waals surface area contributed by atoms with Gasteiger partial charge in [-0.2, -0.15) is 0 Å². The van der Waals surface area contributed by atoms with Crippen LogP contribution in [-0.4, -0.2) is 14.1 Å². The number of fused-ring (bicyclic) bond motifs is 4. The zero-order chi connectivity index (χ0) is 45.0. The predicted molar refractivity (Wildman–Crippen MR) is 269 cm³/mol. The van der Waals surface area contributed by atoms with Gasteiger partial charge in [-0.15, -0.1) is 0 Å². The molecule has 0 aliphatic carbocycles. The van der Waals surface area contributed by atoms with Crippen LogP contribution in [0.25, 0.3) is 72.3 Å². The van der Waals surface area contributed by atoms with Crippen LogP contribution in [0.1, 0.15) is 72.1 Å². The fraction of sp³-hybridized carbons (Fsp3) is 0.200. The molecule has 10 rings (SSSR count). The molecule has 0 amide bonds. The molecule has 3 heterocycles. The molecular formula is C60H56N4O. The number of benzene rings is 7. The molecule has 0 saturated heterocycles. The molecule has 0 radical (unpaired) electrons. The normalized spacial score (nSPS) is 12.2. The number of rotatable bonds is 9. The first kappa shape index (κ1) is 41.8. The molecule has 0 aliphatic heterocycles. The van der Waals surface area contributed by atoms with Crippen LogP contribution in [-0.2, 0) is 17.3 Å². The first-order valence-electron chi connectivity index (χ1n) is 22.9. The second-order valence-corrected chi connectivity index (χ2v) is 19.9. The average Bonchev–Trinajstić information content (AvgIpc) is 3.84. The van der Waals surface area contributed by atoms with Crippen molar-refractivity contribution < 1.29 is 9.30 Å². The third-order valence-electron chi connectivity index (χ3n) is 12.5. The van der Waals surface area contributed by atoms with E-state index in [2.05, 4.69) is 239 Å². The smallest absolute Gasteiger partial charge is 0.269 e. The second kappa shape index (κ2) is 16.4. The van der Waals surface area contributed by atoms with Crippen LogP contribution in [0.5, 0.6) is 11.5 Å². The van der Waals surface area contributed by atoms with Crippen LogP contribution < -0.4 is 9.30 Å². The average molecular weight is 849 g/mol. The standard InChI is InChI=1S/C60H56N4O/c1-40(2)32-41-30-31-61-57(33-41)64-53-25-13-12-22-51(53)52-29-28-48(38-56(52)64)65-47-21-16-20-46(37-47)62-39-63(55-27-15-14-26-54(55)62)58-49(42-18-10-9-11-19-42)23-17-24-50(58)43-34-44(59(3,4)5)36-45(35-43)60(6,7)8/h9-31,33-38,40H,32H2,1-8H3. The fourth-order valence-corrected chi connectivity index (χ4v) is 9.20. The number of hydrogen-bond donors (Lipinski definition) is 0. The minimum absolute atomic E-state index is 0.0316. The summed E-state index contributed by atoms with van der Waals surface area (Å²) in [5.41, 5.74) is 14.8. The predicted octanol–water partition coefficient (Wildman–Crippen LogP) is 15.1. The van der Waals surface area contributed by atoms with E-state index in [0.29, 0.717) is 5.92 Å². The summed E-state index contributed by atoms with van der Waals surface area (Å²) >= 11 is 0. The molecule has 10 aromatic rings. The Bertz CT molecular complexity index is 3340. The molecule has 322 valence electrons. The van der Waals surface area contributed by atoms with Crippen LogP contribution in [0, 0.1) is 12.2 Å². The molecule has 0 aliphatic rings. The number of hydrogen-bond acceptors (Lipinski definition) is 2. The molecule has 0 atom stereocenters. The van der Waals surface area contributed by atoms with Crippen molar-refractivity contribution in [3.8, 4) is 50.9 Å². The van der Waals surface area contributed by atoms with Crippen molar-refractivity contribution in [2.45, 2.75) is 72.6 Å². The Balaban J connectivity index is 1.10. The molecule has 0 fully saturated rings. The van der Waals surface area contributed by atoms with Gasteiger partial charge in [-0.25, -0.2) is 4.98 Å². The van der Waals surface area contributed by atoms with Gasteiger partial charge in [0.15, 0.2) is 0 Å². The summed E-state index contributed by atoms with van der Waals surface area (Å²) < 4.78 is 13.5. The van der Waals surface area contributed by atoms with Gasteiger partial charge in [0.2, 0.25) is 0 Å². The van der Waals surface area contributed by atoms with Gasteiger partial charge in [0.1, 0.15) is 17.3 Å². The molecule has 0 N–H and O–H groups in total. The highest BCUT2D eigenvalue weighted by Gasteiger charge is 2.25. The number of nitrogens with zero attached hydrogens (tertiary/aromatic N) is 4. The van der Waals surface area contributed by atoms with E-state index >= 15 is 0 Å². The van der Waals surface area contributed by atoms with Gasteiger partial charge in [-0.1, -0.05) is 171 Å². The maximum atomic E-state index is 6.78. The van der Waals surface area contributed by atoms with Crippen molar-refractivity contribution in [2.75, 3.05) is 0 Å². The van der Waals surface area contributed by atoms with Crippen molar-refractivity contribution in [2.24, 2.45) is 5.92 Å². The van der Waals surface area contributed by atoms with Gasteiger partial charge in [0, 0.05) is 23.0 Å². The van der Waals surface area contributed by atoms with Gasteiger partial charge < -0.3 is 4.74 Å². The highest BCUT2D eigenvalue weighted by molar-refractivity contribution is 6.09. The molecule has 0 bridgehead atoms. The summed E-state index contributed by atoms with van der Waals surface area (Å²) in [6, 6.07) is 60.8. The zero-order valence-electron chi connectivity index (χ0n) is 38.7. The third-order valence-corrected chi connectivity index (χ3v) is 12.5. The maximum absolute atomic E-state index is 6.78. The largest absolute Gasteiger partial charge is 0.458 e. The Morgan fingerprint density at radius 1 is 0.569 bits per heavy atom. The Morgan fingerprint density at radius 2 is 1.22 bits per heavy atom. The van der Waals surface area contributed by atoms with E-state index < -0.39 is 0 Å². The lowest BCUT2D eigenvalue weighted by Crippen LogP contribution is -2.31. The van der Waals surface area contributed by atoms with Crippen molar-refractivity contribution >= 4 is 32.8 Å². The summed E-state index contributed by atoms with van der Waals surface area (Å²) in [5, 5.41) is 2.34. The summed E-state index contributed by atoms with van der Waals surface area (Å²) in [6.45, 7) is 18.3. The molecule has 5 nitrogen and oxygen atoms in total. The van der Waals surface area contributed by atoms with Crippen LogP contribution in [0.15, 0.2) is 176 Å². The zero-order valence-corrected chi connectivity index (χ0v) is 38.7. The van der Waals surface area contributed by atoms with Crippen molar-refractivity contribution in [3.63, 3.8) is 0 Å². The molecular weight excluding hydrogens is 793 g/mol. The number of aromatic nitrogens is 4. The minimum atomic E-state index is -0.0316. The Labute approximate surface area is 383 Å². The number of pyridine rings is 1. The first-order chi connectivity index (χ1) is 31.3. The van der Waals surface area contributed by atoms with Crippen molar-refractivity contribution in [1.82, 2.24) is 14.1 Å². The maximum Gasteiger partial charge on any atom is 0.269 e. The Kier molecular flexibility index (Phi) is 10.5. The Hall–Kier alpha value is -7.24. The SMILES string of the molecule is CC(C)Cc1ccnc(-n2c3ccccc3c3ccc(Oc4cccc(-n5[c-][n+](-c6c(-c7ccccc7)cccc6-c6cc(C(C)(C)C)cc(C(C)(C)C)c6)c6ccccc65)c4)cc32)c1. The Morgan fingerprint density at radius 3 is 1.95 bits per heavy atom. The van der Waals surface area contributed by atoms with E-state index in [9.17, 15) is 0 Å². The van der Waals surface area contributed by atoms with Gasteiger partial charge in [-0.05, 0) is 111 Å². The van der Waals surface area contributed by atoms with Crippen LogP contribution in [0.2, 0.25) is 0 Å². The minimum Gasteiger partial charge on any atom is -0.458 e. The lowest BCUT2D eigenvalue weighted by atomic mass is 9.78. The lowest BCUT2D eigenvalue weighted by molar-refractivity contribution is -0.571. The number of para-hydroxylation sites is 4. The number of imidazole rings is 1. The van der Waals surface area contributed by atoms with Crippen molar-refractivity contribution in [3.05, 3.63) is 199 Å². The third kappa shape index (κ3) is 8.01. The van der Waals surface area contributed by atoms with Crippen LogP contribution >= 0.6 is 0 Å². The van der Waals surface area contributed by atoms with Gasteiger partial charge in [-0.3, -0.25) is 13.7 Å². The highest BCUT2D eigenvalue weighted by atomic mass is 16.5. The summed E-state index contributed by atoms with van der Waals surface area (Å²) in [5.74, 6) is 2.94. The molecule has 0 unspecified atom stereocenters. The number of ether oxygens (including phenoxy) is 1. The van der Waals surface area contributed by atoms with Crippen LogP contribution in [0.3, 0.4) is 0 Å². The molecule has 5 heteroatoms. The van der Waals surface area contributed by atoms with E-state index in [-0.39, 0.29) is 10.8 Å².